The predicted molar refractivity (Wildman–Crippen MR) is 101 cm³/mol. The minimum absolute atomic E-state index is 0.0962. The van der Waals surface area contributed by atoms with E-state index in [1.54, 1.807) is 18.2 Å². The molecule has 2 N–H and O–H groups in total. The molecule has 1 aliphatic rings. The minimum Gasteiger partial charge on any atom is -0.506 e. The van der Waals surface area contributed by atoms with Crippen LogP contribution < -0.4 is 5.32 Å². The van der Waals surface area contributed by atoms with Gasteiger partial charge in [-0.3, -0.25) is 4.79 Å². The number of amides is 1. The second-order valence-corrected chi connectivity index (χ2v) is 7.30. The number of phenols is 1. The van der Waals surface area contributed by atoms with Gasteiger partial charge in [-0.15, -0.1) is 11.6 Å². The second kappa shape index (κ2) is 6.67. The van der Waals surface area contributed by atoms with E-state index in [1.165, 1.54) is 0 Å². The van der Waals surface area contributed by atoms with Gasteiger partial charge in [0.25, 0.3) is 5.91 Å². The lowest BCUT2D eigenvalue weighted by atomic mass is 10.0. The first-order valence-electron chi connectivity index (χ1n) is 6.90. The topological polar surface area (TPSA) is 49.3 Å². The number of hydrogen-bond donors (Lipinski definition) is 2. The van der Waals surface area contributed by atoms with Crippen molar-refractivity contribution < 1.29 is 9.90 Å². The molecule has 23 heavy (non-hydrogen) atoms. The zero-order chi connectivity index (χ0) is 16.6. The van der Waals surface area contributed by atoms with Crippen molar-refractivity contribution >= 4 is 66.7 Å². The molecular weight excluding hydrogens is 445 g/mol. The molecule has 0 saturated heterocycles. The molecule has 0 bridgehead atoms. The second-order valence-electron chi connectivity index (χ2n) is 5.16. The van der Waals surface area contributed by atoms with Crippen LogP contribution in [0.3, 0.4) is 0 Å². The summed E-state index contributed by atoms with van der Waals surface area (Å²) in [7, 11) is 0. The first-order valence-corrected chi connectivity index (χ1v) is 9.02. The third-order valence-electron chi connectivity index (χ3n) is 3.61. The fraction of sp³-hybridized carbons (Fsp3) is 0.118. The molecule has 3 rings (SSSR count). The van der Waals surface area contributed by atoms with E-state index in [2.05, 4.69) is 37.2 Å². The molecule has 0 radical (unpaired) electrons. The predicted octanol–water partition coefficient (Wildman–Crippen LogP) is 5.19. The van der Waals surface area contributed by atoms with Crippen molar-refractivity contribution in [3.63, 3.8) is 0 Å². The smallest absolute Gasteiger partial charge is 0.256 e. The maximum Gasteiger partial charge on any atom is 0.256 e. The highest BCUT2D eigenvalue weighted by atomic mass is 79.9. The van der Waals surface area contributed by atoms with Crippen LogP contribution in [-0.4, -0.2) is 16.9 Å². The Hall–Kier alpha value is -1.30. The normalized spacial score (nSPS) is 14.9. The van der Waals surface area contributed by atoms with Gasteiger partial charge in [-0.2, -0.15) is 0 Å². The van der Waals surface area contributed by atoms with E-state index in [9.17, 15) is 9.90 Å². The van der Waals surface area contributed by atoms with Gasteiger partial charge < -0.3 is 10.4 Å². The molecule has 0 saturated carbocycles. The van der Waals surface area contributed by atoms with Crippen molar-refractivity contribution in [2.45, 2.75) is 6.42 Å². The van der Waals surface area contributed by atoms with Gasteiger partial charge in [0, 0.05) is 32.7 Å². The number of nitrogens with one attached hydrogen (secondary N) is 1. The molecule has 1 heterocycles. The van der Waals surface area contributed by atoms with E-state index in [1.807, 2.05) is 18.2 Å². The number of hydrogen-bond acceptors (Lipinski definition) is 2. The zero-order valence-electron chi connectivity index (χ0n) is 11.9. The Kier molecular flexibility index (Phi) is 4.80. The van der Waals surface area contributed by atoms with Gasteiger partial charge in [0.05, 0.1) is 4.47 Å². The van der Waals surface area contributed by atoms with Crippen molar-refractivity contribution in [1.82, 2.24) is 0 Å². The van der Waals surface area contributed by atoms with Gasteiger partial charge in [-0.1, -0.05) is 22.0 Å². The van der Waals surface area contributed by atoms with Crippen molar-refractivity contribution in [2.75, 3.05) is 11.2 Å². The maximum absolute atomic E-state index is 12.3. The summed E-state index contributed by atoms with van der Waals surface area (Å²) >= 11 is 12.5. The molecule has 118 valence electrons. The molecule has 1 aliphatic heterocycles. The van der Waals surface area contributed by atoms with Gasteiger partial charge in [-0.25, -0.2) is 0 Å². The van der Waals surface area contributed by atoms with Crippen LogP contribution in [0.25, 0.3) is 11.6 Å². The van der Waals surface area contributed by atoms with E-state index < -0.39 is 0 Å². The van der Waals surface area contributed by atoms with Gasteiger partial charge in [0.2, 0.25) is 0 Å². The summed E-state index contributed by atoms with van der Waals surface area (Å²) in [5.74, 6) is 0.441. The highest BCUT2D eigenvalue weighted by Crippen LogP contribution is 2.38. The van der Waals surface area contributed by atoms with Crippen LogP contribution in [0.4, 0.5) is 5.69 Å². The van der Waals surface area contributed by atoms with Crippen LogP contribution in [0.15, 0.2) is 39.3 Å². The van der Waals surface area contributed by atoms with Crippen LogP contribution in [0.1, 0.15) is 16.7 Å². The van der Waals surface area contributed by atoms with Crippen LogP contribution >= 0.6 is 43.5 Å². The van der Waals surface area contributed by atoms with Gasteiger partial charge >= 0.3 is 0 Å². The van der Waals surface area contributed by atoms with Gasteiger partial charge in [0.15, 0.2) is 0 Å². The van der Waals surface area contributed by atoms with E-state index >= 15 is 0 Å². The number of aryl methyl sites for hydroxylation is 1. The number of aromatic hydroxyl groups is 1. The summed E-state index contributed by atoms with van der Waals surface area (Å²) < 4.78 is 1.37. The number of phenolic OH excluding ortho intramolecular Hbond substituents is 1. The number of benzene rings is 2. The lowest BCUT2D eigenvalue weighted by Crippen LogP contribution is -2.03. The number of anilines is 1. The monoisotopic (exact) mass is 455 g/mol. The fourth-order valence-electron chi connectivity index (χ4n) is 2.49. The Balaban J connectivity index is 2.11. The minimum atomic E-state index is -0.182. The Morgan fingerprint density at radius 3 is 2.74 bits per heavy atom. The maximum atomic E-state index is 12.3. The number of alkyl halides is 1. The number of rotatable bonds is 3. The van der Waals surface area contributed by atoms with Gasteiger partial charge in [0.1, 0.15) is 5.75 Å². The zero-order valence-corrected chi connectivity index (χ0v) is 15.8. The molecular formula is C17H12Br2ClNO2. The average molecular weight is 458 g/mol. The highest BCUT2D eigenvalue weighted by molar-refractivity contribution is 9.11. The third-order valence-corrected chi connectivity index (χ3v) is 4.86. The summed E-state index contributed by atoms with van der Waals surface area (Å²) in [4.78, 5) is 12.3. The molecule has 6 heteroatoms. The first-order chi connectivity index (χ1) is 11.0. The SMILES string of the molecule is O=C1Nc2ccc(CCCl)cc2C1=Cc1cc(Br)cc(Br)c1O. The lowest BCUT2D eigenvalue weighted by Gasteiger charge is -2.06. The van der Waals surface area contributed by atoms with Crippen LogP contribution in [0, 0.1) is 0 Å². The van der Waals surface area contributed by atoms with E-state index in [4.69, 9.17) is 11.6 Å². The molecule has 2 aromatic carbocycles. The van der Waals surface area contributed by atoms with E-state index in [-0.39, 0.29) is 11.7 Å². The number of carbonyl (C=O) groups is 1. The highest BCUT2D eigenvalue weighted by Gasteiger charge is 2.24. The molecule has 0 fully saturated rings. The van der Waals surface area contributed by atoms with Crippen LogP contribution in [0.2, 0.25) is 0 Å². The largest absolute Gasteiger partial charge is 0.506 e. The summed E-state index contributed by atoms with van der Waals surface area (Å²) in [6, 6.07) is 9.31. The fourth-order valence-corrected chi connectivity index (χ4v) is 3.97. The Morgan fingerprint density at radius 2 is 2.00 bits per heavy atom. The number of fused-ring (bicyclic) bond motifs is 1. The lowest BCUT2D eigenvalue weighted by molar-refractivity contribution is -0.110. The third kappa shape index (κ3) is 3.32. The van der Waals surface area contributed by atoms with E-state index in [0.29, 0.717) is 21.5 Å². The number of halogens is 3. The van der Waals surface area contributed by atoms with Crippen molar-refractivity contribution in [3.05, 3.63) is 56.0 Å². The molecule has 0 unspecified atom stereocenters. The molecule has 0 aliphatic carbocycles. The first kappa shape index (κ1) is 16.6. The molecule has 3 nitrogen and oxygen atoms in total. The van der Waals surface area contributed by atoms with Crippen LogP contribution in [0.5, 0.6) is 5.75 Å². The summed E-state index contributed by atoms with van der Waals surface area (Å²) in [6.07, 6.45) is 2.43. The van der Waals surface area contributed by atoms with Crippen molar-refractivity contribution in [2.24, 2.45) is 0 Å². The van der Waals surface area contributed by atoms with Crippen molar-refractivity contribution in [1.29, 1.82) is 0 Å². The van der Waals surface area contributed by atoms with Crippen LogP contribution in [-0.2, 0) is 11.2 Å². The molecule has 0 spiro atoms. The average Bonchev–Trinajstić information content (AvgIpc) is 2.80. The molecule has 0 atom stereocenters. The Labute approximate surface area is 155 Å². The molecule has 0 aromatic heterocycles. The van der Waals surface area contributed by atoms with Crippen molar-refractivity contribution in [3.8, 4) is 5.75 Å². The summed E-state index contributed by atoms with van der Waals surface area (Å²) in [5.41, 5.74) is 3.76. The standard InChI is InChI=1S/C17H12Br2ClNO2/c18-11-6-10(16(22)14(19)8-11)7-13-12-5-9(3-4-20)1-2-15(12)21-17(13)23/h1-2,5-8,22H,3-4H2,(H,21,23). The quantitative estimate of drug-likeness (QED) is 0.492. The Bertz CT molecular complexity index is 834. The van der Waals surface area contributed by atoms with E-state index in [0.717, 1.165) is 27.7 Å². The number of carbonyl (C=O) groups excluding carboxylic acids is 1. The van der Waals surface area contributed by atoms with Gasteiger partial charge in [-0.05, 0) is 58.3 Å². The summed E-state index contributed by atoms with van der Waals surface area (Å²) in [6.45, 7) is 0. The summed E-state index contributed by atoms with van der Waals surface area (Å²) in [5, 5.41) is 13.0. The molecule has 1 amide bonds. The Morgan fingerprint density at radius 1 is 1.22 bits per heavy atom. The molecule has 2 aromatic rings.